The fraction of sp³-hybridized carbons (Fsp3) is 0. The average Bonchev–Trinajstić information content (AvgIpc) is 2.57. The third-order valence-electron chi connectivity index (χ3n) is 3.37. The molecule has 0 heterocycles. The van der Waals surface area contributed by atoms with Crippen LogP contribution in [0.1, 0.15) is 11.1 Å². The number of benzene rings is 2. The molecule has 0 spiro atoms. The Morgan fingerprint density at radius 2 is 1.34 bits per heavy atom. The molecule has 2 aromatic rings. The number of hydrogen-bond donors (Lipinski definition) is 2. The number of nitrogens with zero attached hydrogens (tertiary/aromatic N) is 2. The molecule has 2 aromatic carbocycles. The summed E-state index contributed by atoms with van der Waals surface area (Å²) < 4.78 is 65.5. The van der Waals surface area contributed by atoms with E-state index in [9.17, 15) is 46.2 Å². The molecule has 0 aliphatic carbocycles. The molecular formula is C14H11N2NaO10S2. The maximum absolute atomic E-state index is 11.7. The maximum atomic E-state index is 11.7. The average molecular weight is 454 g/mol. The van der Waals surface area contributed by atoms with Crippen LogP contribution in [0.15, 0.2) is 46.2 Å². The number of hydrogen-bond acceptors (Lipinski definition) is 8. The van der Waals surface area contributed by atoms with Crippen LogP contribution >= 0.6 is 0 Å². The van der Waals surface area contributed by atoms with Gasteiger partial charge in [0.05, 0.1) is 9.85 Å². The third kappa shape index (κ3) is 5.66. The van der Waals surface area contributed by atoms with Crippen LogP contribution in [0.25, 0.3) is 12.2 Å². The molecule has 0 radical (unpaired) electrons. The fourth-order valence-corrected chi connectivity index (χ4v) is 4.49. The van der Waals surface area contributed by atoms with Gasteiger partial charge in [-0.1, -0.05) is 42.5 Å². The molecule has 29 heavy (non-hydrogen) atoms. The normalized spacial score (nSPS) is 11.8. The molecule has 0 saturated heterocycles. The number of nitro groups is 2. The summed E-state index contributed by atoms with van der Waals surface area (Å²) in [5.74, 6) is 0. The van der Waals surface area contributed by atoms with Gasteiger partial charge >= 0.3 is 51.1 Å². The summed E-state index contributed by atoms with van der Waals surface area (Å²) >= 11 is 0. The van der Waals surface area contributed by atoms with Gasteiger partial charge in [-0.2, -0.15) is 16.8 Å². The minimum absolute atomic E-state index is 0. The van der Waals surface area contributed by atoms with Crippen LogP contribution in [0.3, 0.4) is 0 Å². The molecule has 12 nitrogen and oxygen atoms in total. The molecule has 0 aromatic heterocycles. The molecule has 0 atom stereocenters. The summed E-state index contributed by atoms with van der Waals surface area (Å²) in [6.45, 7) is 0. The SMILES string of the molecule is O=[N+]([O-])c1cc(C=Cc2ccccc2)c(S(=O)(=O)O)c(S(=O)(=O)O)c1[N+](=O)[O-].[NaH]. The predicted octanol–water partition coefficient (Wildman–Crippen LogP) is 1.52. The second-order valence-corrected chi connectivity index (χ2v) is 7.92. The van der Waals surface area contributed by atoms with Gasteiger partial charge in [-0.3, -0.25) is 29.3 Å². The van der Waals surface area contributed by atoms with E-state index in [1.165, 1.54) is 6.08 Å². The Kier molecular flexibility index (Phi) is 7.78. The van der Waals surface area contributed by atoms with Gasteiger partial charge in [0.1, 0.15) is 4.90 Å². The van der Waals surface area contributed by atoms with Crippen molar-refractivity contribution in [2.45, 2.75) is 9.79 Å². The Morgan fingerprint density at radius 1 is 0.828 bits per heavy atom. The van der Waals surface area contributed by atoms with Crippen LogP contribution in [-0.2, 0) is 20.2 Å². The summed E-state index contributed by atoms with van der Waals surface area (Å²) in [7, 11) is -11.1. The van der Waals surface area contributed by atoms with E-state index >= 15 is 0 Å². The first-order valence-electron chi connectivity index (χ1n) is 7.02. The van der Waals surface area contributed by atoms with Crippen LogP contribution in [-0.4, -0.2) is 65.3 Å². The van der Waals surface area contributed by atoms with Gasteiger partial charge in [0, 0.05) is 11.6 Å². The Hall–Kier alpha value is -2.20. The first-order chi connectivity index (χ1) is 12.8. The zero-order valence-corrected chi connectivity index (χ0v) is 15.1. The number of rotatable bonds is 6. The second kappa shape index (κ2) is 9.08. The van der Waals surface area contributed by atoms with Crippen molar-refractivity contribution in [3.8, 4) is 0 Å². The van der Waals surface area contributed by atoms with E-state index in [0.717, 1.165) is 6.08 Å². The van der Waals surface area contributed by atoms with E-state index in [4.69, 9.17) is 0 Å². The Bertz CT molecular complexity index is 1210. The number of nitro benzene ring substituents is 2. The van der Waals surface area contributed by atoms with Crippen LogP contribution in [0.4, 0.5) is 11.4 Å². The topological polar surface area (TPSA) is 195 Å². The van der Waals surface area contributed by atoms with Crippen LogP contribution in [0.2, 0.25) is 0 Å². The van der Waals surface area contributed by atoms with Crippen molar-refractivity contribution in [2.75, 3.05) is 0 Å². The van der Waals surface area contributed by atoms with Crippen molar-refractivity contribution in [2.24, 2.45) is 0 Å². The van der Waals surface area contributed by atoms with Crippen LogP contribution in [0.5, 0.6) is 0 Å². The van der Waals surface area contributed by atoms with Crippen molar-refractivity contribution in [3.05, 3.63) is 67.8 Å². The summed E-state index contributed by atoms with van der Waals surface area (Å²) in [4.78, 5) is 16.1. The zero-order chi connectivity index (χ0) is 21.3. The monoisotopic (exact) mass is 454 g/mol. The molecule has 0 aliphatic heterocycles. The molecule has 0 aliphatic rings. The standard InChI is InChI=1S/C14H10N2O10S2.Na.H/c17-15(18)11-8-10(7-6-9-4-2-1-3-5-9)13(27(21,22)23)14(28(24,25)26)12(11)16(19)20;;/h1-8H,(H,21,22,23)(H,24,25,26);;. The summed E-state index contributed by atoms with van der Waals surface area (Å²) in [6, 6.07) is 8.38. The van der Waals surface area contributed by atoms with Gasteiger partial charge in [0.15, 0.2) is 0 Å². The fourth-order valence-electron chi connectivity index (χ4n) is 2.33. The molecule has 2 rings (SSSR count). The molecule has 0 amide bonds. The van der Waals surface area contributed by atoms with Crippen molar-refractivity contribution < 1.29 is 35.8 Å². The van der Waals surface area contributed by atoms with Crippen molar-refractivity contribution >= 4 is 73.3 Å². The predicted molar refractivity (Wildman–Crippen MR) is 102 cm³/mol. The molecule has 0 bridgehead atoms. The van der Waals surface area contributed by atoms with Gasteiger partial charge in [-0.25, -0.2) is 0 Å². The molecule has 0 unspecified atom stereocenters. The van der Waals surface area contributed by atoms with Crippen molar-refractivity contribution in [1.82, 2.24) is 0 Å². The van der Waals surface area contributed by atoms with Gasteiger partial charge in [0.2, 0.25) is 4.90 Å². The molecule has 0 saturated carbocycles. The van der Waals surface area contributed by atoms with Crippen molar-refractivity contribution in [1.29, 1.82) is 0 Å². The summed E-state index contributed by atoms with van der Waals surface area (Å²) in [5, 5.41) is 22.4. The van der Waals surface area contributed by atoms with Gasteiger partial charge in [0.25, 0.3) is 10.1 Å². The van der Waals surface area contributed by atoms with E-state index in [2.05, 4.69) is 0 Å². The Morgan fingerprint density at radius 3 is 1.76 bits per heavy atom. The summed E-state index contributed by atoms with van der Waals surface area (Å²) in [6.07, 6.45) is 2.11. The van der Waals surface area contributed by atoms with Crippen molar-refractivity contribution in [3.63, 3.8) is 0 Å². The zero-order valence-electron chi connectivity index (χ0n) is 13.5. The van der Waals surface area contributed by atoms with Crippen LogP contribution in [0, 0.1) is 20.2 Å². The van der Waals surface area contributed by atoms with Gasteiger partial charge in [-0.15, -0.1) is 0 Å². The van der Waals surface area contributed by atoms with E-state index in [1.807, 2.05) is 0 Å². The quantitative estimate of drug-likeness (QED) is 0.212. The minimum atomic E-state index is -5.67. The van der Waals surface area contributed by atoms with Gasteiger partial charge < -0.3 is 0 Å². The molecule has 150 valence electrons. The first kappa shape index (κ1) is 24.8. The molecule has 15 heteroatoms. The Labute approximate surface area is 186 Å². The van der Waals surface area contributed by atoms with Gasteiger partial charge in [-0.05, 0) is 5.56 Å². The first-order valence-corrected chi connectivity index (χ1v) is 9.90. The van der Waals surface area contributed by atoms with E-state index in [1.54, 1.807) is 30.3 Å². The Balaban J connectivity index is 0.00000420. The van der Waals surface area contributed by atoms with E-state index < -0.39 is 56.8 Å². The third-order valence-corrected chi connectivity index (χ3v) is 5.37. The second-order valence-electron chi connectivity index (χ2n) is 5.20. The van der Waals surface area contributed by atoms with Crippen LogP contribution < -0.4 is 0 Å². The molecule has 2 N–H and O–H groups in total. The molecule has 0 fully saturated rings. The summed E-state index contributed by atoms with van der Waals surface area (Å²) in [5.41, 5.74) is -3.48. The van der Waals surface area contributed by atoms with E-state index in [0.29, 0.717) is 11.6 Å². The van der Waals surface area contributed by atoms with E-state index in [-0.39, 0.29) is 29.6 Å². The molecular weight excluding hydrogens is 443 g/mol.